The SMILES string of the molecule is C[C@H](CO)C/C=C/[C@](C)(O)[C@H]1[C@@H](O)[C@H](O)C2C3C[C@@H](O)C4C[C@@H](O)CC[C@]4(C)C3CC[C@@]21C. The van der Waals surface area contributed by atoms with Gasteiger partial charge in [0.05, 0.1) is 30.0 Å². The van der Waals surface area contributed by atoms with E-state index in [4.69, 9.17) is 0 Å². The fraction of sp³-hybridized carbons (Fsp3) is 0.926. The van der Waals surface area contributed by atoms with E-state index in [9.17, 15) is 30.6 Å². The van der Waals surface area contributed by atoms with Crippen molar-refractivity contribution in [3.63, 3.8) is 0 Å². The highest BCUT2D eigenvalue weighted by Gasteiger charge is 2.68. The Balaban J connectivity index is 1.63. The average molecular weight is 467 g/mol. The van der Waals surface area contributed by atoms with Gasteiger partial charge in [-0.15, -0.1) is 0 Å². The van der Waals surface area contributed by atoms with Crippen LogP contribution in [0.15, 0.2) is 12.2 Å². The molecule has 6 nitrogen and oxygen atoms in total. The second-order valence-electron chi connectivity index (χ2n) is 12.8. The standard InChI is InChI=1S/C27H46O6/c1-15(14-28)6-5-9-27(4,33)24-23(32)22(31)21-17-13-20(30)19-12-16(29)7-10-25(19,2)18(17)8-11-26(21,24)3/h5,9,15-24,28-33H,6-8,10-14H2,1-4H3/b9-5+/t15-,16-,17?,18?,19?,20+,21?,22+,23-,24-,25+,26-,27-/m0/s1. The minimum atomic E-state index is -1.29. The highest BCUT2D eigenvalue weighted by Crippen LogP contribution is 2.68. The lowest BCUT2D eigenvalue weighted by Gasteiger charge is -2.62. The number of hydrogen-bond acceptors (Lipinski definition) is 6. The smallest absolute Gasteiger partial charge is 0.0866 e. The first-order chi connectivity index (χ1) is 15.4. The molecule has 0 aromatic heterocycles. The van der Waals surface area contributed by atoms with Gasteiger partial charge in [-0.1, -0.05) is 32.9 Å². The van der Waals surface area contributed by atoms with Crippen LogP contribution in [0.4, 0.5) is 0 Å². The van der Waals surface area contributed by atoms with Crippen molar-refractivity contribution in [2.24, 2.45) is 46.3 Å². The number of allylic oxidation sites excluding steroid dienone is 1. The molecule has 4 aliphatic carbocycles. The van der Waals surface area contributed by atoms with E-state index < -0.39 is 35.2 Å². The Kier molecular flexibility index (Phi) is 6.87. The van der Waals surface area contributed by atoms with Crippen molar-refractivity contribution in [2.75, 3.05) is 6.61 Å². The quantitative estimate of drug-likeness (QED) is 0.346. The van der Waals surface area contributed by atoms with Crippen LogP contribution in [-0.4, -0.2) is 67.3 Å². The third-order valence-electron chi connectivity index (χ3n) is 10.7. The Morgan fingerprint density at radius 2 is 1.64 bits per heavy atom. The van der Waals surface area contributed by atoms with Gasteiger partial charge in [-0.2, -0.15) is 0 Å². The summed E-state index contributed by atoms with van der Waals surface area (Å²) in [5, 5.41) is 64.8. The van der Waals surface area contributed by atoms with Crippen LogP contribution in [0.2, 0.25) is 0 Å². The predicted molar refractivity (Wildman–Crippen MR) is 126 cm³/mol. The molecule has 4 unspecified atom stereocenters. The van der Waals surface area contributed by atoms with Crippen molar-refractivity contribution in [1.29, 1.82) is 0 Å². The topological polar surface area (TPSA) is 121 Å². The zero-order valence-electron chi connectivity index (χ0n) is 20.8. The second kappa shape index (κ2) is 8.86. The maximum absolute atomic E-state index is 11.5. The van der Waals surface area contributed by atoms with Gasteiger partial charge in [-0.25, -0.2) is 0 Å². The van der Waals surface area contributed by atoms with E-state index in [2.05, 4.69) is 13.8 Å². The summed E-state index contributed by atoms with van der Waals surface area (Å²) in [7, 11) is 0. The van der Waals surface area contributed by atoms with Gasteiger partial charge in [-0.3, -0.25) is 0 Å². The van der Waals surface area contributed by atoms with Crippen molar-refractivity contribution >= 4 is 0 Å². The molecule has 6 N–H and O–H groups in total. The van der Waals surface area contributed by atoms with Crippen molar-refractivity contribution < 1.29 is 30.6 Å². The number of fused-ring (bicyclic) bond motifs is 5. The van der Waals surface area contributed by atoms with E-state index in [-0.39, 0.29) is 41.8 Å². The molecule has 4 rings (SSSR count). The molecule has 190 valence electrons. The highest BCUT2D eigenvalue weighted by molar-refractivity contribution is 5.20. The van der Waals surface area contributed by atoms with Crippen LogP contribution in [0.1, 0.15) is 72.6 Å². The fourth-order valence-corrected chi connectivity index (χ4v) is 9.10. The van der Waals surface area contributed by atoms with Gasteiger partial charge in [0.25, 0.3) is 0 Å². The number of hydrogen-bond donors (Lipinski definition) is 6. The largest absolute Gasteiger partial charge is 0.396 e. The molecule has 0 amide bonds. The van der Waals surface area contributed by atoms with E-state index >= 15 is 0 Å². The molecule has 4 aliphatic rings. The third-order valence-corrected chi connectivity index (χ3v) is 10.7. The van der Waals surface area contributed by atoms with Crippen LogP contribution in [0.25, 0.3) is 0 Å². The lowest BCUT2D eigenvalue weighted by molar-refractivity contribution is -0.184. The first-order valence-corrected chi connectivity index (χ1v) is 13.1. The molecule has 0 heterocycles. The molecule has 13 atom stereocenters. The van der Waals surface area contributed by atoms with Gasteiger partial charge in [0.2, 0.25) is 0 Å². The molecule has 0 aliphatic heterocycles. The number of rotatable bonds is 5. The first kappa shape index (κ1) is 25.6. The fourth-order valence-electron chi connectivity index (χ4n) is 9.10. The summed E-state index contributed by atoms with van der Waals surface area (Å²) < 4.78 is 0. The molecule has 33 heavy (non-hydrogen) atoms. The summed E-state index contributed by atoms with van der Waals surface area (Å²) in [4.78, 5) is 0. The molecule has 0 radical (unpaired) electrons. The monoisotopic (exact) mass is 466 g/mol. The van der Waals surface area contributed by atoms with E-state index in [1.54, 1.807) is 13.0 Å². The molecule has 4 saturated carbocycles. The van der Waals surface area contributed by atoms with Crippen molar-refractivity contribution in [3.05, 3.63) is 12.2 Å². The third kappa shape index (κ3) is 4.03. The molecule has 0 aromatic rings. The Morgan fingerprint density at radius 3 is 2.30 bits per heavy atom. The van der Waals surface area contributed by atoms with Crippen LogP contribution in [-0.2, 0) is 0 Å². The molecule has 0 aromatic carbocycles. The van der Waals surface area contributed by atoms with Gasteiger partial charge in [0.1, 0.15) is 0 Å². The molecule has 6 heteroatoms. The average Bonchev–Trinajstić information content (AvgIpc) is 2.95. The first-order valence-electron chi connectivity index (χ1n) is 13.1. The minimum Gasteiger partial charge on any atom is -0.396 e. The van der Waals surface area contributed by atoms with Crippen LogP contribution < -0.4 is 0 Å². The number of aliphatic hydroxyl groups excluding tert-OH is 5. The van der Waals surface area contributed by atoms with E-state index in [0.717, 1.165) is 25.7 Å². The van der Waals surface area contributed by atoms with Crippen LogP contribution in [0.5, 0.6) is 0 Å². The zero-order valence-corrected chi connectivity index (χ0v) is 20.8. The van der Waals surface area contributed by atoms with Crippen LogP contribution >= 0.6 is 0 Å². The van der Waals surface area contributed by atoms with Crippen LogP contribution in [0, 0.1) is 46.3 Å². The minimum absolute atomic E-state index is 0.0747. The van der Waals surface area contributed by atoms with Crippen molar-refractivity contribution in [1.82, 2.24) is 0 Å². The van der Waals surface area contributed by atoms with E-state index in [1.165, 1.54) is 0 Å². The van der Waals surface area contributed by atoms with E-state index in [0.29, 0.717) is 25.2 Å². The second-order valence-corrected chi connectivity index (χ2v) is 12.8. The Morgan fingerprint density at radius 1 is 0.970 bits per heavy atom. The predicted octanol–water partition coefficient (Wildman–Crippen LogP) is 2.24. The van der Waals surface area contributed by atoms with Gasteiger partial charge < -0.3 is 30.6 Å². The zero-order chi connectivity index (χ0) is 24.3. The molecular weight excluding hydrogens is 420 g/mol. The van der Waals surface area contributed by atoms with Gasteiger partial charge in [0, 0.05) is 12.5 Å². The Labute approximate surface area is 198 Å². The van der Waals surface area contributed by atoms with Crippen molar-refractivity contribution in [2.45, 2.75) is 103 Å². The normalized spacial score (nSPS) is 52.6. The molecule has 0 bridgehead atoms. The maximum atomic E-state index is 11.5. The van der Waals surface area contributed by atoms with Crippen LogP contribution in [0.3, 0.4) is 0 Å². The van der Waals surface area contributed by atoms with Gasteiger partial charge in [0.15, 0.2) is 0 Å². The Hall–Kier alpha value is -0.500. The summed E-state index contributed by atoms with van der Waals surface area (Å²) in [5.41, 5.74) is -1.82. The summed E-state index contributed by atoms with van der Waals surface area (Å²) in [6.07, 6.45) is 6.05. The summed E-state index contributed by atoms with van der Waals surface area (Å²) in [6, 6.07) is 0. The molecule has 4 fully saturated rings. The maximum Gasteiger partial charge on any atom is 0.0866 e. The number of aliphatic hydroxyl groups is 6. The lowest BCUT2D eigenvalue weighted by Crippen LogP contribution is -2.59. The summed E-state index contributed by atoms with van der Waals surface area (Å²) in [5.74, 6) is -0.108. The Bertz CT molecular complexity index is 738. The van der Waals surface area contributed by atoms with E-state index in [1.807, 2.05) is 13.0 Å². The highest BCUT2D eigenvalue weighted by atomic mass is 16.3. The van der Waals surface area contributed by atoms with Gasteiger partial charge in [-0.05, 0) is 92.3 Å². The molecular formula is C27H46O6. The summed E-state index contributed by atoms with van der Waals surface area (Å²) >= 11 is 0. The van der Waals surface area contributed by atoms with Crippen molar-refractivity contribution in [3.8, 4) is 0 Å². The van der Waals surface area contributed by atoms with Gasteiger partial charge >= 0.3 is 0 Å². The molecule has 0 spiro atoms. The molecule has 0 saturated heterocycles. The summed E-state index contributed by atoms with van der Waals surface area (Å²) in [6.45, 7) is 8.13. The lowest BCUT2D eigenvalue weighted by atomic mass is 9.43.